The number of para-hydroxylation sites is 2. The van der Waals surface area contributed by atoms with E-state index in [1.807, 2.05) is 18.2 Å². The number of unbranched alkanes of at least 4 members (excludes halogenated alkanes) is 2. The molecule has 0 fully saturated rings. The topological polar surface area (TPSA) is 36.2 Å². The summed E-state index contributed by atoms with van der Waals surface area (Å²) in [5.74, 6) is -0.261. The third kappa shape index (κ3) is 5.25. The molecule has 3 aromatic carbocycles. The first-order valence-electron chi connectivity index (χ1n) is 14.4. The maximum absolute atomic E-state index is 13.5. The summed E-state index contributed by atoms with van der Waals surface area (Å²) in [6.45, 7) is 11.1. The number of benzene rings is 3. The van der Waals surface area contributed by atoms with Gasteiger partial charge in [-0.2, -0.15) is 0 Å². The van der Waals surface area contributed by atoms with Gasteiger partial charge in [-0.25, -0.2) is 4.79 Å². The first kappa shape index (κ1) is 26.8. The van der Waals surface area contributed by atoms with Gasteiger partial charge in [-0.1, -0.05) is 81.3 Å². The molecule has 39 heavy (non-hydrogen) atoms. The second kappa shape index (κ2) is 11.9. The number of hydrogen-bond donors (Lipinski definition) is 0. The van der Waals surface area contributed by atoms with Crippen LogP contribution in [0.15, 0.2) is 72.8 Å². The lowest BCUT2D eigenvalue weighted by Gasteiger charge is -2.12. The average molecular weight is 521 g/mol. The number of fused-ring (bicyclic) bond motifs is 2. The fourth-order valence-corrected chi connectivity index (χ4v) is 5.90. The summed E-state index contributed by atoms with van der Waals surface area (Å²) in [5.41, 5.74) is 8.99. The van der Waals surface area contributed by atoms with Gasteiger partial charge in [-0.05, 0) is 56.0 Å². The van der Waals surface area contributed by atoms with Crippen LogP contribution in [0, 0.1) is 13.8 Å². The number of aromatic nitrogens is 2. The van der Waals surface area contributed by atoms with Crippen LogP contribution in [0.2, 0.25) is 0 Å². The van der Waals surface area contributed by atoms with E-state index in [1.54, 1.807) is 0 Å². The number of ether oxygens (including phenoxy) is 1. The van der Waals surface area contributed by atoms with Gasteiger partial charge >= 0.3 is 5.97 Å². The van der Waals surface area contributed by atoms with Crippen LogP contribution in [-0.4, -0.2) is 15.1 Å². The first-order valence-corrected chi connectivity index (χ1v) is 14.4. The molecule has 0 atom stereocenters. The van der Waals surface area contributed by atoms with E-state index in [9.17, 15) is 4.79 Å². The molecule has 0 unspecified atom stereocenters. The molecule has 0 amide bonds. The van der Waals surface area contributed by atoms with Gasteiger partial charge in [0.25, 0.3) is 0 Å². The Balaban J connectivity index is 1.42. The molecule has 0 spiro atoms. The van der Waals surface area contributed by atoms with E-state index in [4.69, 9.17) is 4.74 Å². The van der Waals surface area contributed by atoms with Crippen molar-refractivity contribution < 1.29 is 9.53 Å². The van der Waals surface area contributed by atoms with Crippen LogP contribution in [0.25, 0.3) is 21.8 Å². The molecule has 202 valence electrons. The van der Waals surface area contributed by atoms with Crippen LogP contribution in [0.4, 0.5) is 0 Å². The van der Waals surface area contributed by atoms with Crippen molar-refractivity contribution in [1.82, 2.24) is 9.13 Å². The Hall–Kier alpha value is -3.79. The molecule has 5 rings (SSSR count). The highest BCUT2D eigenvalue weighted by Crippen LogP contribution is 2.31. The fourth-order valence-electron chi connectivity index (χ4n) is 5.90. The van der Waals surface area contributed by atoms with Crippen LogP contribution in [0.5, 0.6) is 0 Å². The molecule has 0 radical (unpaired) electrons. The van der Waals surface area contributed by atoms with E-state index in [0.29, 0.717) is 12.0 Å². The van der Waals surface area contributed by atoms with Crippen molar-refractivity contribution in [2.75, 3.05) is 0 Å². The van der Waals surface area contributed by atoms with Gasteiger partial charge in [0, 0.05) is 58.3 Å². The second-order valence-electron chi connectivity index (χ2n) is 10.6. The van der Waals surface area contributed by atoms with Gasteiger partial charge in [0.05, 0.1) is 5.56 Å². The van der Waals surface area contributed by atoms with Gasteiger partial charge in [-0.15, -0.1) is 0 Å². The predicted octanol–water partition coefficient (Wildman–Crippen LogP) is 8.76. The molecule has 2 aromatic heterocycles. The minimum absolute atomic E-state index is 0.261. The summed E-state index contributed by atoms with van der Waals surface area (Å²) in [4.78, 5) is 13.5. The molecule has 5 aromatic rings. The van der Waals surface area contributed by atoms with Crippen LogP contribution >= 0.6 is 0 Å². The molecule has 0 saturated carbocycles. The number of aryl methyl sites for hydroxylation is 2. The van der Waals surface area contributed by atoms with Crippen molar-refractivity contribution >= 4 is 27.8 Å². The molecule has 4 nitrogen and oxygen atoms in total. The summed E-state index contributed by atoms with van der Waals surface area (Å²) >= 11 is 0. The zero-order chi connectivity index (χ0) is 27.4. The molecule has 0 N–H and O–H groups in total. The first-order chi connectivity index (χ1) is 19.0. The Morgan fingerprint density at radius 1 is 0.692 bits per heavy atom. The lowest BCUT2D eigenvalue weighted by atomic mass is 9.98. The summed E-state index contributed by atoms with van der Waals surface area (Å²) in [5, 5.41) is 2.44. The van der Waals surface area contributed by atoms with Crippen molar-refractivity contribution in [3.05, 3.63) is 106 Å². The van der Waals surface area contributed by atoms with Gasteiger partial charge < -0.3 is 13.9 Å². The normalized spacial score (nSPS) is 11.5. The Kier molecular flexibility index (Phi) is 8.21. The molecule has 0 aliphatic rings. The largest absolute Gasteiger partial charge is 0.457 e. The summed E-state index contributed by atoms with van der Waals surface area (Å²) < 4.78 is 10.8. The van der Waals surface area contributed by atoms with E-state index in [2.05, 4.69) is 91.4 Å². The van der Waals surface area contributed by atoms with Crippen LogP contribution in [-0.2, 0) is 30.9 Å². The smallest absolute Gasteiger partial charge is 0.338 e. The SMILES string of the molecule is CCCCn1c(C)c(COC(=O)c2ccccc2Cc2c(C)n(CCCC)c3ccccc23)c2ccccc21. The molecule has 0 aliphatic heterocycles. The minimum Gasteiger partial charge on any atom is -0.457 e. The Bertz CT molecular complexity index is 1600. The van der Waals surface area contributed by atoms with Crippen molar-refractivity contribution in [1.29, 1.82) is 0 Å². The monoisotopic (exact) mass is 520 g/mol. The average Bonchev–Trinajstić information content (AvgIpc) is 3.38. The molecule has 0 bridgehead atoms. The van der Waals surface area contributed by atoms with E-state index in [0.717, 1.165) is 49.9 Å². The zero-order valence-electron chi connectivity index (χ0n) is 23.8. The number of nitrogens with zero attached hydrogens (tertiary/aromatic N) is 2. The van der Waals surface area contributed by atoms with Crippen molar-refractivity contribution in [3.8, 4) is 0 Å². The number of carbonyl (C=O) groups excluding carboxylic acids is 1. The molecular formula is C35H40N2O2. The summed E-state index contributed by atoms with van der Waals surface area (Å²) in [6.07, 6.45) is 5.28. The van der Waals surface area contributed by atoms with Crippen molar-refractivity contribution in [2.24, 2.45) is 0 Å². The van der Waals surface area contributed by atoms with E-state index >= 15 is 0 Å². The lowest BCUT2D eigenvalue weighted by Crippen LogP contribution is -2.10. The van der Waals surface area contributed by atoms with Gasteiger partial charge in [-0.3, -0.25) is 0 Å². The number of hydrogen-bond acceptors (Lipinski definition) is 2. The quantitative estimate of drug-likeness (QED) is 0.163. The highest BCUT2D eigenvalue weighted by molar-refractivity contribution is 5.92. The van der Waals surface area contributed by atoms with Gasteiger partial charge in [0.15, 0.2) is 0 Å². The van der Waals surface area contributed by atoms with Crippen molar-refractivity contribution in [3.63, 3.8) is 0 Å². The molecule has 0 aliphatic carbocycles. The third-order valence-corrected chi connectivity index (χ3v) is 8.15. The van der Waals surface area contributed by atoms with Crippen LogP contribution in [0.3, 0.4) is 0 Å². The zero-order valence-corrected chi connectivity index (χ0v) is 23.8. The second-order valence-corrected chi connectivity index (χ2v) is 10.6. The number of esters is 1. The molecule has 4 heteroatoms. The maximum Gasteiger partial charge on any atom is 0.338 e. The van der Waals surface area contributed by atoms with Crippen LogP contribution < -0.4 is 0 Å². The Morgan fingerprint density at radius 2 is 1.21 bits per heavy atom. The molecular weight excluding hydrogens is 480 g/mol. The van der Waals surface area contributed by atoms with Crippen LogP contribution in [0.1, 0.15) is 78.0 Å². The van der Waals surface area contributed by atoms with Crippen molar-refractivity contribution in [2.45, 2.75) is 79.5 Å². The standard InChI is InChI=1S/C35H40N2O2/c1-5-7-21-36-25(3)31(29-17-11-13-19-33(29)36)23-27-15-9-10-16-28(27)35(38)39-24-32-26(4)37(22-8-6-2)34-20-14-12-18-30(32)34/h9-20H,5-8,21-24H2,1-4H3. The maximum atomic E-state index is 13.5. The minimum atomic E-state index is -0.261. The van der Waals surface area contributed by atoms with E-state index in [1.165, 1.54) is 38.8 Å². The van der Waals surface area contributed by atoms with E-state index in [-0.39, 0.29) is 12.6 Å². The van der Waals surface area contributed by atoms with Gasteiger partial charge in [0.1, 0.15) is 6.61 Å². The van der Waals surface area contributed by atoms with E-state index < -0.39 is 0 Å². The molecule has 2 heterocycles. The number of carbonyl (C=O) groups is 1. The number of rotatable bonds is 11. The predicted molar refractivity (Wildman–Crippen MR) is 162 cm³/mol. The Morgan fingerprint density at radius 3 is 1.82 bits per heavy atom. The third-order valence-electron chi connectivity index (χ3n) is 8.15. The Labute approximate surface area is 232 Å². The highest BCUT2D eigenvalue weighted by Gasteiger charge is 2.20. The highest BCUT2D eigenvalue weighted by atomic mass is 16.5. The molecule has 0 saturated heterocycles. The lowest BCUT2D eigenvalue weighted by molar-refractivity contribution is 0.0472. The summed E-state index contributed by atoms with van der Waals surface area (Å²) in [7, 11) is 0. The van der Waals surface area contributed by atoms with Gasteiger partial charge in [0.2, 0.25) is 0 Å². The summed E-state index contributed by atoms with van der Waals surface area (Å²) in [6, 6.07) is 25.0. The fraction of sp³-hybridized carbons (Fsp3) is 0.343.